The molecule has 0 aromatic heterocycles. The van der Waals surface area contributed by atoms with Crippen LogP contribution >= 0.6 is 0 Å². The predicted molar refractivity (Wildman–Crippen MR) is 79.3 cm³/mol. The van der Waals surface area contributed by atoms with E-state index in [4.69, 9.17) is 0 Å². The van der Waals surface area contributed by atoms with Crippen molar-refractivity contribution >= 4 is 20.0 Å². The van der Waals surface area contributed by atoms with Crippen LogP contribution in [0.25, 0.3) is 0 Å². The Labute approximate surface area is 120 Å². The molecular weight excluding hydrogens is 300 g/mol. The van der Waals surface area contributed by atoms with Crippen LogP contribution in [-0.4, -0.2) is 46.7 Å². The van der Waals surface area contributed by atoms with Crippen molar-refractivity contribution in [3.05, 3.63) is 35.9 Å². The highest BCUT2D eigenvalue weighted by Gasteiger charge is 2.24. The molecule has 1 rings (SSSR count). The van der Waals surface area contributed by atoms with Crippen molar-refractivity contribution in [3.8, 4) is 0 Å². The second kappa shape index (κ2) is 6.66. The normalized spacial score (nSPS) is 14.4. The van der Waals surface area contributed by atoms with E-state index < -0.39 is 20.0 Å². The first-order valence-electron chi connectivity index (χ1n) is 6.07. The lowest BCUT2D eigenvalue weighted by molar-refractivity contribution is 0.348. The van der Waals surface area contributed by atoms with Gasteiger partial charge < -0.3 is 0 Å². The molecule has 0 saturated carbocycles. The maximum absolute atomic E-state index is 11.9. The monoisotopic (exact) mass is 320 g/mol. The molecule has 1 aromatic carbocycles. The molecule has 0 heterocycles. The van der Waals surface area contributed by atoms with E-state index in [1.165, 1.54) is 4.31 Å². The third-order valence-corrected chi connectivity index (χ3v) is 4.92. The summed E-state index contributed by atoms with van der Waals surface area (Å²) in [6.45, 7) is 1.90. The Kier molecular flexibility index (Phi) is 5.69. The van der Waals surface area contributed by atoms with Gasteiger partial charge in [-0.3, -0.25) is 0 Å². The number of hydrogen-bond acceptors (Lipinski definition) is 4. The Morgan fingerprint density at radius 2 is 1.65 bits per heavy atom. The van der Waals surface area contributed by atoms with Gasteiger partial charge in [0.05, 0.1) is 12.5 Å². The molecular formula is C12H20N2O4S2. The van der Waals surface area contributed by atoms with Gasteiger partial charge in [0.25, 0.3) is 0 Å². The fraction of sp³-hybridized carbons (Fsp3) is 0.500. The Morgan fingerprint density at radius 1 is 1.10 bits per heavy atom. The van der Waals surface area contributed by atoms with Gasteiger partial charge in [0, 0.05) is 19.1 Å². The first-order chi connectivity index (χ1) is 9.11. The van der Waals surface area contributed by atoms with E-state index in [2.05, 4.69) is 4.72 Å². The van der Waals surface area contributed by atoms with Crippen LogP contribution in [0.1, 0.15) is 18.5 Å². The summed E-state index contributed by atoms with van der Waals surface area (Å²) in [7, 11) is -6.76. The van der Waals surface area contributed by atoms with Crippen LogP contribution in [0.2, 0.25) is 0 Å². The van der Waals surface area contributed by atoms with E-state index in [1.807, 2.05) is 30.3 Å². The molecule has 114 valence electrons. The van der Waals surface area contributed by atoms with Gasteiger partial charge >= 0.3 is 0 Å². The van der Waals surface area contributed by atoms with Gasteiger partial charge in [0.2, 0.25) is 20.0 Å². The lowest BCUT2D eigenvalue weighted by atomic mass is 10.1. The summed E-state index contributed by atoms with van der Waals surface area (Å²) in [4.78, 5) is 0. The van der Waals surface area contributed by atoms with E-state index in [1.54, 1.807) is 6.92 Å². The summed E-state index contributed by atoms with van der Waals surface area (Å²) in [5.41, 5.74) is 0.859. The zero-order valence-corrected chi connectivity index (χ0v) is 13.4. The minimum atomic E-state index is -3.43. The summed E-state index contributed by atoms with van der Waals surface area (Å²) in [6, 6.07) is 8.85. The lowest BCUT2D eigenvalue weighted by Crippen LogP contribution is -2.39. The molecule has 1 atom stereocenters. The highest BCUT2D eigenvalue weighted by atomic mass is 32.2. The Hall–Kier alpha value is -0.960. The zero-order valence-electron chi connectivity index (χ0n) is 11.8. The molecule has 8 heteroatoms. The molecule has 0 bridgehead atoms. The standard InChI is InChI=1S/C12H20N2O4S2/c1-11(12-7-5-4-6-8-12)14(20(3,17)18)10-9-13-19(2,15)16/h4-8,11,13H,9-10H2,1-3H3. The van der Waals surface area contributed by atoms with Crippen LogP contribution in [0.4, 0.5) is 0 Å². The lowest BCUT2D eigenvalue weighted by Gasteiger charge is -2.27. The van der Waals surface area contributed by atoms with E-state index in [0.717, 1.165) is 18.1 Å². The number of hydrogen-bond donors (Lipinski definition) is 1. The molecule has 0 aliphatic carbocycles. The average molecular weight is 320 g/mol. The van der Waals surface area contributed by atoms with Gasteiger partial charge in [0.1, 0.15) is 0 Å². The average Bonchev–Trinajstić information content (AvgIpc) is 2.32. The first kappa shape index (κ1) is 17.1. The Balaban J connectivity index is 2.86. The van der Waals surface area contributed by atoms with Crippen LogP contribution in [0.3, 0.4) is 0 Å². The van der Waals surface area contributed by atoms with Crippen LogP contribution in [-0.2, 0) is 20.0 Å². The number of nitrogens with one attached hydrogen (secondary N) is 1. The van der Waals surface area contributed by atoms with Crippen LogP contribution < -0.4 is 4.72 Å². The fourth-order valence-electron chi connectivity index (χ4n) is 1.89. The molecule has 6 nitrogen and oxygen atoms in total. The summed E-state index contributed by atoms with van der Waals surface area (Å²) in [5, 5.41) is 0. The van der Waals surface area contributed by atoms with E-state index in [9.17, 15) is 16.8 Å². The van der Waals surface area contributed by atoms with Crippen molar-refractivity contribution in [2.75, 3.05) is 25.6 Å². The molecule has 1 N–H and O–H groups in total. The number of rotatable bonds is 7. The smallest absolute Gasteiger partial charge is 0.211 e. The quantitative estimate of drug-likeness (QED) is 0.795. The number of benzene rings is 1. The van der Waals surface area contributed by atoms with Gasteiger partial charge in [-0.15, -0.1) is 0 Å². The van der Waals surface area contributed by atoms with Crippen molar-refractivity contribution in [1.82, 2.24) is 9.03 Å². The largest absolute Gasteiger partial charge is 0.214 e. The SMILES string of the molecule is CC(c1ccccc1)N(CCNS(C)(=O)=O)S(C)(=O)=O. The van der Waals surface area contributed by atoms with Gasteiger partial charge in [0.15, 0.2) is 0 Å². The first-order valence-corrected chi connectivity index (χ1v) is 9.81. The van der Waals surface area contributed by atoms with Crippen molar-refractivity contribution in [3.63, 3.8) is 0 Å². The molecule has 0 aliphatic heterocycles. The Bertz CT molecular complexity index is 627. The second-order valence-corrected chi connectivity index (χ2v) is 8.39. The zero-order chi connectivity index (χ0) is 15.4. The van der Waals surface area contributed by atoms with Crippen LogP contribution in [0.5, 0.6) is 0 Å². The van der Waals surface area contributed by atoms with Crippen molar-refractivity contribution in [2.24, 2.45) is 0 Å². The summed E-state index contributed by atoms with van der Waals surface area (Å²) >= 11 is 0. The minimum absolute atomic E-state index is 0.0447. The maximum Gasteiger partial charge on any atom is 0.211 e. The predicted octanol–water partition coefficient (Wildman–Crippen LogP) is 0.558. The molecule has 0 fully saturated rings. The van der Waals surface area contributed by atoms with Crippen LogP contribution in [0.15, 0.2) is 30.3 Å². The van der Waals surface area contributed by atoms with Crippen molar-refractivity contribution in [1.29, 1.82) is 0 Å². The molecule has 0 aliphatic rings. The number of nitrogens with zero attached hydrogens (tertiary/aromatic N) is 1. The molecule has 0 radical (unpaired) electrons. The minimum Gasteiger partial charge on any atom is -0.214 e. The van der Waals surface area contributed by atoms with E-state index >= 15 is 0 Å². The third-order valence-electron chi connectivity index (χ3n) is 2.84. The Morgan fingerprint density at radius 3 is 2.10 bits per heavy atom. The molecule has 0 saturated heterocycles. The molecule has 1 aromatic rings. The van der Waals surface area contributed by atoms with Gasteiger partial charge in [-0.2, -0.15) is 4.31 Å². The van der Waals surface area contributed by atoms with Gasteiger partial charge in [-0.1, -0.05) is 30.3 Å². The van der Waals surface area contributed by atoms with Crippen LogP contribution in [0, 0.1) is 0 Å². The maximum atomic E-state index is 11.9. The molecule has 1 unspecified atom stereocenters. The molecule has 20 heavy (non-hydrogen) atoms. The van der Waals surface area contributed by atoms with E-state index in [0.29, 0.717) is 0 Å². The summed E-state index contributed by atoms with van der Waals surface area (Å²) in [5.74, 6) is 0. The van der Waals surface area contributed by atoms with Gasteiger partial charge in [-0.05, 0) is 12.5 Å². The summed E-state index contributed by atoms with van der Waals surface area (Å²) in [6.07, 6.45) is 2.16. The van der Waals surface area contributed by atoms with Crippen molar-refractivity contribution < 1.29 is 16.8 Å². The molecule has 0 spiro atoms. The summed E-state index contributed by atoms with van der Waals surface area (Å²) < 4.78 is 49.3. The third kappa shape index (κ3) is 5.58. The fourth-order valence-corrected chi connectivity index (χ4v) is 3.47. The highest BCUT2D eigenvalue weighted by Crippen LogP contribution is 2.21. The van der Waals surface area contributed by atoms with E-state index in [-0.39, 0.29) is 19.1 Å². The number of sulfonamides is 2. The second-order valence-electron chi connectivity index (χ2n) is 4.63. The van der Waals surface area contributed by atoms with Crippen molar-refractivity contribution in [2.45, 2.75) is 13.0 Å². The molecule has 0 amide bonds. The topological polar surface area (TPSA) is 83.6 Å². The van der Waals surface area contributed by atoms with Gasteiger partial charge in [-0.25, -0.2) is 21.6 Å². The highest BCUT2D eigenvalue weighted by molar-refractivity contribution is 7.88.